The Hall–Kier alpha value is -1.14. The monoisotopic (exact) mass is 229 g/mol. The molecule has 2 rings (SSSR count). The molecule has 2 fully saturated rings. The van der Waals surface area contributed by atoms with Crippen molar-refractivity contribution in [1.29, 1.82) is 0 Å². The summed E-state index contributed by atoms with van der Waals surface area (Å²) in [7, 11) is 1.50. The van der Waals surface area contributed by atoms with Crippen LogP contribution < -0.4 is 0 Å². The molecule has 0 aromatic rings. The molecule has 6 heteroatoms. The van der Waals surface area contributed by atoms with Crippen LogP contribution in [0.15, 0.2) is 0 Å². The minimum Gasteiger partial charge on any atom is -0.480 e. The summed E-state index contributed by atoms with van der Waals surface area (Å²) in [5.41, 5.74) is 0. The molecule has 0 aliphatic carbocycles. The Morgan fingerprint density at radius 1 is 1.50 bits per heavy atom. The van der Waals surface area contributed by atoms with Gasteiger partial charge in [-0.15, -0.1) is 0 Å². The highest BCUT2D eigenvalue weighted by Gasteiger charge is 2.50. The van der Waals surface area contributed by atoms with Gasteiger partial charge in [-0.2, -0.15) is 0 Å². The second-order valence-corrected chi connectivity index (χ2v) is 4.33. The Labute approximate surface area is 92.8 Å². The maximum absolute atomic E-state index is 11.7. The van der Waals surface area contributed by atoms with E-state index in [4.69, 9.17) is 9.84 Å². The Kier molecular flexibility index (Phi) is 2.86. The average molecular weight is 229 g/mol. The van der Waals surface area contributed by atoms with Crippen LogP contribution in [0.3, 0.4) is 0 Å². The number of rotatable bonds is 2. The topological polar surface area (TPSA) is 87.1 Å². The molecule has 0 aromatic heterocycles. The van der Waals surface area contributed by atoms with Gasteiger partial charge >= 0.3 is 5.97 Å². The van der Waals surface area contributed by atoms with Crippen molar-refractivity contribution in [3.05, 3.63) is 0 Å². The number of carbonyl (C=O) groups excluding carboxylic acids is 1. The van der Waals surface area contributed by atoms with E-state index in [0.717, 1.165) is 0 Å². The zero-order chi connectivity index (χ0) is 11.9. The van der Waals surface area contributed by atoms with Crippen LogP contribution in [0.1, 0.15) is 19.3 Å². The van der Waals surface area contributed by atoms with Gasteiger partial charge in [-0.05, 0) is 6.42 Å². The largest absolute Gasteiger partial charge is 0.480 e. The number of piperidine rings is 1. The van der Waals surface area contributed by atoms with E-state index in [1.54, 1.807) is 0 Å². The third-order valence-electron chi connectivity index (χ3n) is 3.38. The summed E-state index contributed by atoms with van der Waals surface area (Å²) in [6.45, 7) is 0. The van der Waals surface area contributed by atoms with E-state index in [0.29, 0.717) is 12.8 Å². The van der Waals surface area contributed by atoms with Crippen LogP contribution in [0, 0.1) is 0 Å². The number of aliphatic carboxylic acids is 1. The maximum atomic E-state index is 11.7. The van der Waals surface area contributed by atoms with E-state index < -0.39 is 18.1 Å². The lowest BCUT2D eigenvalue weighted by Crippen LogP contribution is -2.52. The zero-order valence-electron chi connectivity index (χ0n) is 9.00. The van der Waals surface area contributed by atoms with Crippen molar-refractivity contribution in [2.24, 2.45) is 0 Å². The second-order valence-electron chi connectivity index (χ2n) is 4.33. The lowest BCUT2D eigenvalue weighted by atomic mass is 9.98. The predicted octanol–water partition coefficient (Wildman–Crippen LogP) is -0.790. The van der Waals surface area contributed by atoms with Crippen molar-refractivity contribution in [3.63, 3.8) is 0 Å². The lowest BCUT2D eigenvalue weighted by molar-refractivity contribution is -0.154. The first-order valence-electron chi connectivity index (χ1n) is 5.29. The summed E-state index contributed by atoms with van der Waals surface area (Å²) in [6, 6.07) is -1.11. The first-order chi connectivity index (χ1) is 7.54. The Balaban J connectivity index is 2.25. The molecule has 0 spiro atoms. The SMILES string of the molecule is COC1CC(C(=O)O)N2C(=O)CC(O)CC12. The Morgan fingerprint density at radius 3 is 2.75 bits per heavy atom. The van der Waals surface area contributed by atoms with Gasteiger partial charge in [-0.25, -0.2) is 4.79 Å². The first kappa shape index (κ1) is 11.3. The van der Waals surface area contributed by atoms with Crippen LogP contribution in [-0.2, 0) is 14.3 Å². The minimum atomic E-state index is -1.01. The molecule has 0 bridgehead atoms. The van der Waals surface area contributed by atoms with Crippen molar-refractivity contribution in [2.75, 3.05) is 7.11 Å². The van der Waals surface area contributed by atoms with E-state index >= 15 is 0 Å². The van der Waals surface area contributed by atoms with Gasteiger partial charge in [-0.3, -0.25) is 4.79 Å². The molecule has 1 amide bonds. The summed E-state index contributed by atoms with van der Waals surface area (Å²) in [6.07, 6.45) is -0.265. The molecule has 2 aliphatic heterocycles. The molecular weight excluding hydrogens is 214 g/mol. The first-order valence-corrected chi connectivity index (χ1v) is 5.29. The number of carbonyl (C=O) groups is 2. The van der Waals surface area contributed by atoms with Crippen LogP contribution in [0.2, 0.25) is 0 Å². The fourth-order valence-electron chi connectivity index (χ4n) is 2.67. The van der Waals surface area contributed by atoms with E-state index in [2.05, 4.69) is 0 Å². The van der Waals surface area contributed by atoms with Crippen molar-refractivity contribution in [1.82, 2.24) is 4.90 Å². The van der Waals surface area contributed by atoms with Crippen LogP contribution in [-0.4, -0.2) is 58.4 Å². The lowest BCUT2D eigenvalue weighted by Gasteiger charge is -2.35. The van der Waals surface area contributed by atoms with E-state index in [-0.39, 0.29) is 24.5 Å². The average Bonchev–Trinajstić information content (AvgIpc) is 2.56. The van der Waals surface area contributed by atoms with Crippen LogP contribution in [0.4, 0.5) is 0 Å². The van der Waals surface area contributed by atoms with Gasteiger partial charge in [0.15, 0.2) is 0 Å². The number of aliphatic hydroxyl groups excluding tert-OH is 1. The molecule has 6 nitrogen and oxygen atoms in total. The summed E-state index contributed by atoms with van der Waals surface area (Å²) >= 11 is 0. The zero-order valence-corrected chi connectivity index (χ0v) is 9.00. The van der Waals surface area contributed by atoms with Gasteiger partial charge in [0.1, 0.15) is 6.04 Å². The highest BCUT2D eigenvalue weighted by Crippen LogP contribution is 2.34. The molecule has 2 aliphatic rings. The van der Waals surface area contributed by atoms with Gasteiger partial charge in [0.05, 0.1) is 24.7 Å². The summed E-state index contributed by atoms with van der Waals surface area (Å²) < 4.78 is 5.19. The standard InChI is InChI=1S/C10H15NO5/c1-16-8-4-7(10(14)15)11-6(8)2-5(12)3-9(11)13/h5-8,12H,2-4H2,1H3,(H,14,15). The van der Waals surface area contributed by atoms with Gasteiger partial charge in [0, 0.05) is 13.5 Å². The van der Waals surface area contributed by atoms with E-state index in [9.17, 15) is 14.7 Å². The number of carboxylic acid groups (broad SMARTS) is 1. The van der Waals surface area contributed by atoms with Crippen molar-refractivity contribution in [3.8, 4) is 0 Å². The van der Waals surface area contributed by atoms with Gasteiger partial charge < -0.3 is 19.8 Å². The highest BCUT2D eigenvalue weighted by atomic mass is 16.5. The molecule has 4 atom stereocenters. The third-order valence-corrected chi connectivity index (χ3v) is 3.38. The normalized spacial score (nSPS) is 38.6. The van der Waals surface area contributed by atoms with E-state index in [1.807, 2.05) is 0 Å². The van der Waals surface area contributed by atoms with Crippen LogP contribution in [0.5, 0.6) is 0 Å². The van der Waals surface area contributed by atoms with Gasteiger partial charge in [-0.1, -0.05) is 0 Å². The number of nitrogens with zero attached hydrogens (tertiary/aromatic N) is 1. The quantitative estimate of drug-likeness (QED) is 0.648. The molecule has 16 heavy (non-hydrogen) atoms. The van der Waals surface area contributed by atoms with E-state index in [1.165, 1.54) is 12.0 Å². The van der Waals surface area contributed by atoms with Gasteiger partial charge in [0.2, 0.25) is 5.91 Å². The molecule has 0 aromatic carbocycles. The fraction of sp³-hybridized carbons (Fsp3) is 0.800. The number of amides is 1. The molecular formula is C10H15NO5. The number of fused-ring (bicyclic) bond motifs is 1. The molecule has 2 heterocycles. The number of carboxylic acids is 1. The second kappa shape index (κ2) is 4.03. The summed E-state index contributed by atoms with van der Waals surface area (Å²) in [5, 5.41) is 18.6. The predicted molar refractivity (Wildman–Crippen MR) is 52.7 cm³/mol. The molecule has 2 saturated heterocycles. The van der Waals surface area contributed by atoms with Crippen LogP contribution >= 0.6 is 0 Å². The smallest absolute Gasteiger partial charge is 0.326 e. The number of hydrogen-bond acceptors (Lipinski definition) is 4. The fourth-order valence-corrected chi connectivity index (χ4v) is 2.67. The number of hydrogen-bond donors (Lipinski definition) is 2. The molecule has 2 N–H and O–H groups in total. The maximum Gasteiger partial charge on any atom is 0.326 e. The van der Waals surface area contributed by atoms with Gasteiger partial charge in [0.25, 0.3) is 0 Å². The van der Waals surface area contributed by atoms with Crippen LogP contribution in [0.25, 0.3) is 0 Å². The minimum absolute atomic E-state index is 0.0106. The molecule has 0 radical (unpaired) electrons. The Bertz CT molecular complexity index is 318. The van der Waals surface area contributed by atoms with Crippen molar-refractivity contribution >= 4 is 11.9 Å². The molecule has 90 valence electrons. The number of aliphatic hydroxyl groups is 1. The summed E-state index contributed by atoms with van der Waals surface area (Å²) in [5.74, 6) is -1.30. The van der Waals surface area contributed by atoms with Crippen molar-refractivity contribution < 1.29 is 24.5 Å². The number of methoxy groups -OCH3 is 1. The Morgan fingerprint density at radius 2 is 2.19 bits per heavy atom. The third kappa shape index (κ3) is 1.68. The molecule has 4 unspecified atom stereocenters. The molecule has 0 saturated carbocycles. The number of ether oxygens (including phenoxy) is 1. The highest BCUT2D eigenvalue weighted by molar-refractivity contribution is 5.85. The summed E-state index contributed by atoms with van der Waals surface area (Å²) in [4.78, 5) is 24.1. The van der Waals surface area contributed by atoms with Crippen molar-refractivity contribution in [2.45, 2.75) is 43.6 Å².